The molecule has 3 aliphatic rings. The van der Waals surface area contributed by atoms with Crippen molar-refractivity contribution < 1.29 is 19.4 Å². The molecule has 10 heteroatoms. The largest absolute Gasteiger partial charge is 0.465 e. The lowest BCUT2D eigenvalue weighted by Crippen LogP contribution is -2.43. The minimum atomic E-state index is -1.06. The van der Waals surface area contributed by atoms with Crippen molar-refractivity contribution in [3.63, 3.8) is 0 Å². The van der Waals surface area contributed by atoms with Crippen molar-refractivity contribution in [2.75, 3.05) is 67.8 Å². The molecule has 0 unspecified atom stereocenters. The van der Waals surface area contributed by atoms with E-state index in [1.807, 2.05) is 6.07 Å². The molecule has 2 aromatic rings. The second kappa shape index (κ2) is 7.69. The van der Waals surface area contributed by atoms with Crippen LogP contribution in [0.1, 0.15) is 5.56 Å². The first kappa shape index (κ1) is 19.0. The number of fused-ring (bicyclic) bond motifs is 3. The Labute approximate surface area is 174 Å². The zero-order valence-electron chi connectivity index (χ0n) is 16.8. The van der Waals surface area contributed by atoms with Crippen molar-refractivity contribution in [2.24, 2.45) is 0 Å². The van der Waals surface area contributed by atoms with Crippen molar-refractivity contribution in [1.82, 2.24) is 15.0 Å². The zero-order valence-corrected chi connectivity index (χ0v) is 16.8. The van der Waals surface area contributed by atoms with Crippen LogP contribution < -0.4 is 14.7 Å². The average molecular weight is 412 g/mol. The second-order valence-electron chi connectivity index (χ2n) is 7.65. The van der Waals surface area contributed by atoms with Crippen LogP contribution in [0.4, 0.5) is 22.2 Å². The highest BCUT2D eigenvalue weighted by Gasteiger charge is 2.37. The summed E-state index contributed by atoms with van der Waals surface area (Å²) in [5.41, 5.74) is 1.93. The summed E-state index contributed by atoms with van der Waals surface area (Å²) in [5.74, 6) is 2.88. The molecule has 0 aliphatic carbocycles. The molecule has 1 atom stereocenters. The van der Waals surface area contributed by atoms with Crippen LogP contribution in [-0.2, 0) is 15.9 Å². The lowest BCUT2D eigenvalue weighted by molar-refractivity contribution is 0.0973. The van der Waals surface area contributed by atoms with Crippen molar-refractivity contribution in [3.8, 4) is 11.4 Å². The molecule has 158 valence electrons. The molecule has 0 bridgehead atoms. The van der Waals surface area contributed by atoms with Crippen molar-refractivity contribution in [3.05, 3.63) is 23.9 Å². The molecular formula is C20H24N6O4. The Bertz CT molecular complexity index is 947. The van der Waals surface area contributed by atoms with E-state index in [9.17, 15) is 4.79 Å². The van der Waals surface area contributed by atoms with Gasteiger partial charge in [-0.05, 0) is 12.1 Å². The lowest BCUT2D eigenvalue weighted by Gasteiger charge is -2.31. The van der Waals surface area contributed by atoms with Gasteiger partial charge in [0.05, 0.1) is 32.5 Å². The second-order valence-corrected chi connectivity index (χ2v) is 7.65. The Morgan fingerprint density at radius 2 is 1.90 bits per heavy atom. The molecule has 0 saturated carbocycles. The standard InChI is InChI=1S/C20H24N6O4/c1-24(20(27)28)16-3-2-13(11-21-16)17-22-18(25-4-7-29-8-5-25)15-10-14-12-30-9-6-26(14)19(15)23-17/h2-3,11,14H,4-10,12H2,1H3,(H,27,28)/t14-/m1/s1. The first-order chi connectivity index (χ1) is 14.6. The van der Waals surface area contributed by atoms with Gasteiger partial charge < -0.3 is 24.4 Å². The quantitative estimate of drug-likeness (QED) is 0.797. The fourth-order valence-electron chi connectivity index (χ4n) is 4.20. The Hall–Kier alpha value is -2.98. The van der Waals surface area contributed by atoms with Crippen molar-refractivity contribution >= 4 is 23.5 Å². The average Bonchev–Trinajstić information content (AvgIpc) is 3.17. The highest BCUT2D eigenvalue weighted by molar-refractivity contribution is 5.84. The molecule has 1 amide bonds. The minimum Gasteiger partial charge on any atom is -0.465 e. The number of aromatic nitrogens is 3. The molecule has 2 saturated heterocycles. The molecule has 30 heavy (non-hydrogen) atoms. The number of rotatable bonds is 3. The topological polar surface area (TPSA) is 104 Å². The van der Waals surface area contributed by atoms with Gasteiger partial charge in [0.1, 0.15) is 17.5 Å². The molecule has 5 heterocycles. The van der Waals surface area contributed by atoms with E-state index in [2.05, 4.69) is 14.8 Å². The van der Waals surface area contributed by atoms with Crippen LogP contribution in [0.15, 0.2) is 18.3 Å². The summed E-state index contributed by atoms with van der Waals surface area (Å²) in [6, 6.07) is 3.78. The monoisotopic (exact) mass is 412 g/mol. The van der Waals surface area contributed by atoms with Crippen LogP contribution >= 0.6 is 0 Å². The zero-order chi connectivity index (χ0) is 20.7. The summed E-state index contributed by atoms with van der Waals surface area (Å²) >= 11 is 0. The first-order valence-electron chi connectivity index (χ1n) is 10.1. The Kier molecular flexibility index (Phi) is 4.87. The number of amides is 1. The van der Waals surface area contributed by atoms with E-state index in [1.165, 1.54) is 12.6 Å². The molecule has 2 fully saturated rings. The number of anilines is 3. The number of carbonyl (C=O) groups is 1. The summed E-state index contributed by atoms with van der Waals surface area (Å²) in [7, 11) is 1.46. The summed E-state index contributed by atoms with van der Waals surface area (Å²) in [6.45, 7) is 5.17. The maximum Gasteiger partial charge on any atom is 0.412 e. The Morgan fingerprint density at radius 1 is 1.13 bits per heavy atom. The van der Waals surface area contributed by atoms with Gasteiger partial charge in [-0.25, -0.2) is 19.7 Å². The highest BCUT2D eigenvalue weighted by Crippen LogP contribution is 2.39. The van der Waals surface area contributed by atoms with E-state index < -0.39 is 6.09 Å². The highest BCUT2D eigenvalue weighted by atomic mass is 16.5. The van der Waals surface area contributed by atoms with Crippen LogP contribution in [0.5, 0.6) is 0 Å². The van der Waals surface area contributed by atoms with Gasteiger partial charge in [0.25, 0.3) is 0 Å². The van der Waals surface area contributed by atoms with Gasteiger partial charge in [-0.2, -0.15) is 0 Å². The molecule has 0 spiro atoms. The van der Waals surface area contributed by atoms with E-state index in [4.69, 9.17) is 24.5 Å². The predicted octanol–water partition coefficient (Wildman–Crippen LogP) is 1.25. The van der Waals surface area contributed by atoms with E-state index in [0.29, 0.717) is 44.1 Å². The van der Waals surface area contributed by atoms with Gasteiger partial charge in [0.2, 0.25) is 0 Å². The van der Waals surface area contributed by atoms with E-state index in [-0.39, 0.29) is 0 Å². The van der Waals surface area contributed by atoms with Crippen LogP contribution in [0.25, 0.3) is 11.4 Å². The number of hydrogen-bond acceptors (Lipinski definition) is 8. The number of ether oxygens (including phenoxy) is 2. The smallest absolute Gasteiger partial charge is 0.412 e. The lowest BCUT2D eigenvalue weighted by atomic mass is 10.1. The van der Waals surface area contributed by atoms with Gasteiger partial charge in [-0.1, -0.05) is 0 Å². The van der Waals surface area contributed by atoms with E-state index in [1.54, 1.807) is 12.3 Å². The van der Waals surface area contributed by atoms with E-state index >= 15 is 0 Å². The minimum absolute atomic E-state index is 0.294. The van der Waals surface area contributed by atoms with Crippen molar-refractivity contribution in [1.29, 1.82) is 0 Å². The summed E-state index contributed by atoms with van der Waals surface area (Å²) in [6.07, 6.45) is 1.45. The maximum atomic E-state index is 11.2. The predicted molar refractivity (Wildman–Crippen MR) is 110 cm³/mol. The molecule has 2 aromatic heterocycles. The van der Waals surface area contributed by atoms with Crippen LogP contribution in [0.3, 0.4) is 0 Å². The number of carboxylic acid groups (broad SMARTS) is 1. The van der Waals surface area contributed by atoms with Crippen LogP contribution in [-0.4, -0.2) is 85.3 Å². The molecule has 5 rings (SSSR count). The normalized spacial score (nSPS) is 20.6. The van der Waals surface area contributed by atoms with Crippen LogP contribution in [0, 0.1) is 0 Å². The SMILES string of the molecule is CN(C(=O)O)c1ccc(-c2nc(N3CCOCC3)c3c(n2)N2CCOC[C@H]2C3)cn1. The summed E-state index contributed by atoms with van der Waals surface area (Å²) < 4.78 is 11.2. The molecule has 0 radical (unpaired) electrons. The van der Waals surface area contributed by atoms with Crippen LogP contribution in [0.2, 0.25) is 0 Å². The fraction of sp³-hybridized carbons (Fsp3) is 0.500. The number of nitrogens with zero attached hydrogens (tertiary/aromatic N) is 6. The molecule has 10 nitrogen and oxygen atoms in total. The third-order valence-electron chi connectivity index (χ3n) is 5.85. The maximum absolute atomic E-state index is 11.2. The molecular weight excluding hydrogens is 388 g/mol. The van der Waals surface area contributed by atoms with Crippen molar-refractivity contribution in [2.45, 2.75) is 12.5 Å². The Balaban J connectivity index is 1.55. The van der Waals surface area contributed by atoms with Gasteiger partial charge in [0, 0.05) is 50.4 Å². The van der Waals surface area contributed by atoms with Gasteiger partial charge in [-0.15, -0.1) is 0 Å². The first-order valence-corrected chi connectivity index (χ1v) is 10.1. The number of hydrogen-bond donors (Lipinski definition) is 1. The molecule has 1 N–H and O–H groups in total. The number of morpholine rings is 2. The van der Waals surface area contributed by atoms with Gasteiger partial charge >= 0.3 is 6.09 Å². The molecule has 0 aromatic carbocycles. The Morgan fingerprint density at radius 3 is 2.63 bits per heavy atom. The summed E-state index contributed by atoms with van der Waals surface area (Å²) in [4.78, 5) is 31.0. The van der Waals surface area contributed by atoms with Gasteiger partial charge in [-0.3, -0.25) is 4.90 Å². The summed E-state index contributed by atoms with van der Waals surface area (Å²) in [5, 5.41) is 9.15. The fourth-order valence-corrected chi connectivity index (χ4v) is 4.20. The van der Waals surface area contributed by atoms with E-state index in [0.717, 1.165) is 48.2 Å². The third-order valence-corrected chi connectivity index (χ3v) is 5.85. The third kappa shape index (κ3) is 3.31. The molecule has 3 aliphatic heterocycles. The van der Waals surface area contributed by atoms with Gasteiger partial charge in [0.15, 0.2) is 5.82 Å². The number of pyridine rings is 1.